The first-order valence-corrected chi connectivity index (χ1v) is 15.0. The van der Waals surface area contributed by atoms with Crippen LogP contribution in [0.1, 0.15) is 55.7 Å². The molecule has 0 fully saturated rings. The number of aliphatic hydroxyl groups is 2. The van der Waals surface area contributed by atoms with E-state index >= 15 is 0 Å². The molecule has 3 aromatic rings. The highest BCUT2D eigenvalue weighted by atomic mass is 35.5. The molecule has 7 heteroatoms. The third-order valence-corrected chi connectivity index (χ3v) is 7.74. The zero-order valence-corrected chi connectivity index (χ0v) is 25.8. The van der Waals surface area contributed by atoms with Gasteiger partial charge >= 0.3 is 11.9 Å². The van der Waals surface area contributed by atoms with Gasteiger partial charge in [-0.15, -0.1) is 0 Å². The molecule has 0 atom stereocenters. The number of esters is 2. The van der Waals surface area contributed by atoms with Gasteiger partial charge in [0.1, 0.15) is 13.2 Å². The molecule has 228 valence electrons. The van der Waals surface area contributed by atoms with Crippen LogP contribution < -0.4 is 0 Å². The number of unbranched alkanes of at least 4 members (excludes halogenated alkanes) is 2. The predicted octanol–water partition coefficient (Wildman–Crippen LogP) is 7.24. The second-order valence-corrected chi connectivity index (χ2v) is 10.9. The Bertz CT molecular complexity index is 1390. The van der Waals surface area contributed by atoms with Crippen LogP contribution in [0.5, 0.6) is 0 Å². The van der Waals surface area contributed by atoms with Crippen molar-refractivity contribution < 1.29 is 29.3 Å². The van der Waals surface area contributed by atoms with Gasteiger partial charge in [-0.1, -0.05) is 106 Å². The van der Waals surface area contributed by atoms with E-state index in [1.165, 1.54) is 30.4 Å². The molecule has 3 aromatic carbocycles. The van der Waals surface area contributed by atoms with Crippen LogP contribution in [-0.4, -0.2) is 48.6 Å². The summed E-state index contributed by atoms with van der Waals surface area (Å²) >= 11 is 6.80. The second-order valence-electron chi connectivity index (χ2n) is 10.5. The number of rotatable bonds is 16. The summed E-state index contributed by atoms with van der Waals surface area (Å²) in [4.78, 5) is 24.1. The monoisotopic (exact) mass is 604 g/mol. The molecule has 0 heterocycles. The minimum Gasteiger partial charge on any atom is -0.461 e. The molecule has 0 aromatic heterocycles. The van der Waals surface area contributed by atoms with E-state index in [4.69, 9.17) is 31.3 Å². The van der Waals surface area contributed by atoms with Crippen LogP contribution in [0.25, 0.3) is 22.3 Å². The number of halogens is 1. The third kappa shape index (κ3) is 9.39. The van der Waals surface area contributed by atoms with Crippen molar-refractivity contribution in [2.75, 3.05) is 26.4 Å². The Morgan fingerprint density at radius 3 is 1.88 bits per heavy atom. The smallest absolute Gasteiger partial charge is 0.335 e. The highest BCUT2D eigenvalue weighted by Gasteiger charge is 2.19. The van der Waals surface area contributed by atoms with Gasteiger partial charge in [-0.3, -0.25) is 0 Å². The maximum atomic E-state index is 12.1. The second kappa shape index (κ2) is 16.8. The Kier molecular flexibility index (Phi) is 13.2. The fourth-order valence-electron chi connectivity index (χ4n) is 4.73. The maximum Gasteiger partial charge on any atom is 0.335 e. The highest BCUT2D eigenvalue weighted by molar-refractivity contribution is 6.33. The lowest BCUT2D eigenvalue weighted by Crippen LogP contribution is -2.21. The minimum atomic E-state index is -0.734. The Balaban J connectivity index is 1.80. The zero-order valence-electron chi connectivity index (χ0n) is 25.0. The molecule has 0 bridgehead atoms. The van der Waals surface area contributed by atoms with Crippen LogP contribution >= 0.6 is 11.6 Å². The maximum absolute atomic E-state index is 12.1. The number of ether oxygens (including phenoxy) is 2. The van der Waals surface area contributed by atoms with Gasteiger partial charge in [-0.2, -0.15) is 0 Å². The molecular formula is C36H41ClO6. The number of aryl methyl sites for hydroxylation is 2. The molecule has 0 saturated carbocycles. The molecule has 0 aliphatic rings. The number of carbonyl (C=O) groups is 2. The van der Waals surface area contributed by atoms with Crippen molar-refractivity contribution in [3.63, 3.8) is 0 Å². The summed E-state index contributed by atoms with van der Waals surface area (Å²) in [6.45, 7) is 10.1. The highest BCUT2D eigenvalue weighted by Crippen LogP contribution is 2.34. The van der Waals surface area contributed by atoms with E-state index in [1.807, 2.05) is 42.5 Å². The van der Waals surface area contributed by atoms with E-state index in [-0.39, 0.29) is 24.4 Å². The van der Waals surface area contributed by atoms with Crippen molar-refractivity contribution in [3.05, 3.63) is 107 Å². The van der Waals surface area contributed by atoms with E-state index in [0.29, 0.717) is 5.02 Å². The summed E-state index contributed by atoms with van der Waals surface area (Å²) < 4.78 is 10.6. The molecule has 3 rings (SSSR count). The quantitative estimate of drug-likeness (QED) is 0.102. The van der Waals surface area contributed by atoms with Gasteiger partial charge in [0, 0.05) is 10.6 Å². The summed E-state index contributed by atoms with van der Waals surface area (Å²) in [5.41, 5.74) is 7.35. The van der Waals surface area contributed by atoms with Crippen molar-refractivity contribution >= 4 is 23.5 Å². The van der Waals surface area contributed by atoms with E-state index in [1.54, 1.807) is 0 Å². The lowest BCUT2D eigenvalue weighted by molar-refractivity contribution is -0.142. The van der Waals surface area contributed by atoms with Gasteiger partial charge in [0.15, 0.2) is 0 Å². The molecule has 2 N–H and O–H groups in total. The fraction of sp³-hybridized carbons (Fsp3) is 0.333. The minimum absolute atomic E-state index is 0.0751. The van der Waals surface area contributed by atoms with E-state index < -0.39 is 31.1 Å². The summed E-state index contributed by atoms with van der Waals surface area (Å²) in [5, 5.41) is 19.0. The molecule has 0 aliphatic carbocycles. The molecule has 6 nitrogen and oxygen atoms in total. The van der Waals surface area contributed by atoms with Gasteiger partial charge in [-0.05, 0) is 58.7 Å². The normalized spacial score (nSPS) is 10.9. The summed E-state index contributed by atoms with van der Waals surface area (Å²) in [6.07, 6.45) is 5.72. The number of hydrogen-bond donors (Lipinski definition) is 2. The van der Waals surface area contributed by atoms with Crippen molar-refractivity contribution in [2.24, 2.45) is 0 Å². The molecule has 0 aliphatic heterocycles. The Morgan fingerprint density at radius 1 is 0.767 bits per heavy atom. The van der Waals surface area contributed by atoms with Crippen LogP contribution in [0.2, 0.25) is 5.02 Å². The van der Waals surface area contributed by atoms with E-state index in [0.717, 1.165) is 40.7 Å². The molecule has 0 spiro atoms. The van der Waals surface area contributed by atoms with Crippen LogP contribution in [0.15, 0.2) is 85.0 Å². The SMILES string of the molecule is C=C(CO)C(=O)OCC(COC(=O)C(=C)CO)c1ccc(-c2ccc(-c3ccc(CCCCC)c(CC)c3)c(Cl)c2)cc1. The predicted molar refractivity (Wildman–Crippen MR) is 172 cm³/mol. The summed E-state index contributed by atoms with van der Waals surface area (Å²) in [6, 6.07) is 20.3. The van der Waals surface area contributed by atoms with Gasteiger partial charge in [0.25, 0.3) is 0 Å². The number of aliphatic hydroxyl groups excluding tert-OH is 2. The average molecular weight is 605 g/mol. The summed E-state index contributed by atoms with van der Waals surface area (Å²) in [5.74, 6) is -1.96. The van der Waals surface area contributed by atoms with Crippen LogP contribution in [0, 0.1) is 0 Å². The van der Waals surface area contributed by atoms with Crippen molar-refractivity contribution in [2.45, 2.75) is 51.9 Å². The van der Waals surface area contributed by atoms with Crippen LogP contribution in [-0.2, 0) is 31.9 Å². The standard InChI is InChI=1S/C36H41ClO6/c1-5-7-8-9-27-14-15-31(18-26(27)6-2)33-17-16-30(19-34(33)37)28-10-12-29(13-11-28)32(22-42-35(40)24(3)20-38)23-43-36(41)25(4)21-39/h10-19,32,38-39H,3-9,20-23H2,1-2H3. The molecule has 0 unspecified atom stereocenters. The number of carbonyl (C=O) groups excluding carboxylic acids is 2. The average Bonchev–Trinajstić information content (AvgIpc) is 3.04. The van der Waals surface area contributed by atoms with Gasteiger partial charge in [-0.25, -0.2) is 9.59 Å². The lowest BCUT2D eigenvalue weighted by atomic mass is 9.93. The van der Waals surface area contributed by atoms with Crippen molar-refractivity contribution in [1.82, 2.24) is 0 Å². The number of benzene rings is 3. The largest absolute Gasteiger partial charge is 0.461 e. The fourth-order valence-corrected chi connectivity index (χ4v) is 5.02. The Morgan fingerprint density at radius 2 is 1.35 bits per heavy atom. The van der Waals surface area contributed by atoms with Crippen molar-refractivity contribution in [3.8, 4) is 22.3 Å². The molecule has 0 saturated heterocycles. The van der Waals surface area contributed by atoms with Crippen LogP contribution in [0.4, 0.5) is 0 Å². The third-order valence-electron chi connectivity index (χ3n) is 7.42. The molecular weight excluding hydrogens is 564 g/mol. The van der Waals surface area contributed by atoms with Crippen LogP contribution in [0.3, 0.4) is 0 Å². The first-order chi connectivity index (χ1) is 20.7. The first-order valence-electron chi connectivity index (χ1n) is 14.7. The van der Waals surface area contributed by atoms with Gasteiger partial charge < -0.3 is 19.7 Å². The van der Waals surface area contributed by atoms with E-state index in [2.05, 4.69) is 45.2 Å². The van der Waals surface area contributed by atoms with Gasteiger partial charge in [0.2, 0.25) is 0 Å². The van der Waals surface area contributed by atoms with Crippen molar-refractivity contribution in [1.29, 1.82) is 0 Å². The topological polar surface area (TPSA) is 93.1 Å². The Hall–Kier alpha value is -3.71. The molecule has 0 amide bonds. The Labute approximate surface area is 259 Å². The van der Waals surface area contributed by atoms with E-state index in [9.17, 15) is 9.59 Å². The first kappa shape index (κ1) is 33.8. The molecule has 0 radical (unpaired) electrons. The zero-order chi connectivity index (χ0) is 31.4. The number of hydrogen-bond acceptors (Lipinski definition) is 6. The van der Waals surface area contributed by atoms with Gasteiger partial charge in [0.05, 0.1) is 30.3 Å². The summed E-state index contributed by atoms with van der Waals surface area (Å²) in [7, 11) is 0. The molecule has 43 heavy (non-hydrogen) atoms. The lowest BCUT2D eigenvalue weighted by Gasteiger charge is -2.19.